The van der Waals surface area contributed by atoms with Crippen molar-refractivity contribution in [3.63, 3.8) is 0 Å². The number of hydrogen-bond acceptors (Lipinski definition) is 4. The van der Waals surface area contributed by atoms with Crippen LogP contribution in [0.25, 0.3) is 0 Å². The Balaban J connectivity index is 1.56. The highest BCUT2D eigenvalue weighted by atomic mass is 16.3. The number of aryl methyl sites for hydroxylation is 1. The molecule has 0 radical (unpaired) electrons. The van der Waals surface area contributed by atoms with Crippen molar-refractivity contribution < 1.29 is 5.11 Å². The predicted octanol–water partition coefficient (Wildman–Crippen LogP) is 1.94. The second kappa shape index (κ2) is 7.32. The fraction of sp³-hybridized carbons (Fsp3) is 0.833. The Labute approximate surface area is 140 Å². The molecular weight excluding hydrogens is 288 g/mol. The van der Waals surface area contributed by atoms with Crippen molar-refractivity contribution in [2.45, 2.75) is 71.6 Å². The molecular formula is C18H32N4O. The predicted molar refractivity (Wildman–Crippen MR) is 92.5 cm³/mol. The summed E-state index contributed by atoms with van der Waals surface area (Å²) in [6.45, 7) is 12.1. The van der Waals surface area contributed by atoms with E-state index in [0.717, 1.165) is 24.3 Å². The van der Waals surface area contributed by atoms with Gasteiger partial charge in [0.05, 0.1) is 18.8 Å². The van der Waals surface area contributed by atoms with Crippen LogP contribution in [0.2, 0.25) is 0 Å². The van der Waals surface area contributed by atoms with Gasteiger partial charge in [-0.25, -0.2) is 0 Å². The number of nitrogens with zero attached hydrogens (tertiary/aromatic N) is 4. The van der Waals surface area contributed by atoms with E-state index in [9.17, 15) is 0 Å². The third kappa shape index (κ3) is 3.62. The molecule has 0 spiro atoms. The lowest BCUT2D eigenvalue weighted by molar-refractivity contribution is 0.100. The van der Waals surface area contributed by atoms with E-state index in [-0.39, 0.29) is 6.61 Å². The van der Waals surface area contributed by atoms with Gasteiger partial charge in [-0.3, -0.25) is 14.5 Å². The minimum Gasteiger partial charge on any atom is -0.394 e. The average Bonchev–Trinajstić information content (AvgIpc) is 3.07. The molecule has 5 nitrogen and oxygen atoms in total. The van der Waals surface area contributed by atoms with E-state index in [2.05, 4.69) is 35.7 Å². The van der Waals surface area contributed by atoms with E-state index in [4.69, 9.17) is 5.11 Å². The normalized spacial score (nSPS) is 24.6. The first-order valence-corrected chi connectivity index (χ1v) is 9.22. The lowest BCUT2D eigenvalue weighted by atomic mass is 10.0. The summed E-state index contributed by atoms with van der Waals surface area (Å²) in [6, 6.07) is 1.58. The van der Waals surface area contributed by atoms with E-state index in [0.29, 0.717) is 6.54 Å². The SMILES string of the molecule is Cc1nn(CCO)c(C)c1CN1CCC(N2CCCC2C)CC1. The van der Waals surface area contributed by atoms with E-state index in [1.807, 2.05) is 4.68 Å². The molecule has 0 aliphatic carbocycles. The van der Waals surface area contributed by atoms with Crippen LogP contribution in [-0.4, -0.2) is 63.0 Å². The van der Waals surface area contributed by atoms with Crippen LogP contribution >= 0.6 is 0 Å². The molecule has 1 atom stereocenters. The molecule has 2 saturated heterocycles. The second-order valence-electron chi connectivity index (χ2n) is 7.33. The highest BCUT2D eigenvalue weighted by Crippen LogP contribution is 2.26. The Kier molecular flexibility index (Phi) is 5.39. The first-order chi connectivity index (χ1) is 11.1. The van der Waals surface area contributed by atoms with E-state index in [1.54, 1.807) is 0 Å². The van der Waals surface area contributed by atoms with Crippen LogP contribution in [0.3, 0.4) is 0 Å². The van der Waals surface area contributed by atoms with Gasteiger partial charge in [0.1, 0.15) is 0 Å². The van der Waals surface area contributed by atoms with Crippen molar-refractivity contribution in [3.05, 3.63) is 17.0 Å². The molecule has 3 heterocycles. The van der Waals surface area contributed by atoms with Gasteiger partial charge in [0.2, 0.25) is 0 Å². The number of piperidine rings is 1. The first kappa shape index (κ1) is 16.9. The van der Waals surface area contributed by atoms with Crippen LogP contribution in [0.15, 0.2) is 0 Å². The number of aromatic nitrogens is 2. The molecule has 0 aromatic carbocycles. The van der Waals surface area contributed by atoms with Gasteiger partial charge in [0.15, 0.2) is 0 Å². The van der Waals surface area contributed by atoms with E-state index >= 15 is 0 Å². The van der Waals surface area contributed by atoms with Crippen LogP contribution in [0.4, 0.5) is 0 Å². The summed E-state index contributed by atoms with van der Waals surface area (Å²) in [5, 5.41) is 13.7. The fourth-order valence-corrected chi connectivity index (χ4v) is 4.41. The Hall–Kier alpha value is -0.910. The lowest BCUT2D eigenvalue weighted by Crippen LogP contribution is -2.45. The third-order valence-electron chi connectivity index (χ3n) is 5.86. The second-order valence-corrected chi connectivity index (χ2v) is 7.33. The molecule has 5 heteroatoms. The standard InChI is InChI=1S/C18H32N4O/c1-14-5-4-8-21(14)17-6-9-20(10-7-17)13-18-15(2)19-22(11-12-23)16(18)3/h14,17,23H,4-13H2,1-3H3. The van der Waals surface area contributed by atoms with Gasteiger partial charge in [0.25, 0.3) is 0 Å². The van der Waals surface area contributed by atoms with Gasteiger partial charge in [-0.2, -0.15) is 5.10 Å². The van der Waals surface area contributed by atoms with Gasteiger partial charge in [0, 0.05) is 29.9 Å². The Morgan fingerprint density at radius 1 is 1.13 bits per heavy atom. The fourth-order valence-electron chi connectivity index (χ4n) is 4.41. The monoisotopic (exact) mass is 320 g/mol. The van der Waals surface area contributed by atoms with Crippen molar-refractivity contribution in [3.8, 4) is 0 Å². The molecule has 23 heavy (non-hydrogen) atoms. The van der Waals surface area contributed by atoms with Crippen molar-refractivity contribution in [1.82, 2.24) is 19.6 Å². The van der Waals surface area contributed by atoms with Crippen LogP contribution in [0, 0.1) is 13.8 Å². The summed E-state index contributed by atoms with van der Waals surface area (Å²) in [5.41, 5.74) is 3.68. The molecule has 1 N–H and O–H groups in total. The molecule has 3 rings (SSSR count). The third-order valence-corrected chi connectivity index (χ3v) is 5.86. The number of hydrogen-bond donors (Lipinski definition) is 1. The van der Waals surface area contributed by atoms with Crippen LogP contribution in [-0.2, 0) is 13.1 Å². The topological polar surface area (TPSA) is 44.5 Å². The zero-order chi connectivity index (χ0) is 16.4. The summed E-state index contributed by atoms with van der Waals surface area (Å²) in [4.78, 5) is 5.32. The van der Waals surface area contributed by atoms with E-state index < -0.39 is 0 Å². The molecule has 1 aromatic rings. The molecule has 2 aliphatic rings. The Morgan fingerprint density at radius 3 is 2.48 bits per heavy atom. The molecule has 2 aliphatic heterocycles. The highest BCUT2D eigenvalue weighted by molar-refractivity contribution is 5.24. The zero-order valence-electron chi connectivity index (χ0n) is 15.0. The lowest BCUT2D eigenvalue weighted by Gasteiger charge is -2.38. The average molecular weight is 320 g/mol. The van der Waals surface area contributed by atoms with Crippen molar-refractivity contribution in [2.24, 2.45) is 0 Å². The minimum absolute atomic E-state index is 0.154. The van der Waals surface area contributed by atoms with Crippen molar-refractivity contribution in [1.29, 1.82) is 0 Å². The van der Waals surface area contributed by atoms with Crippen LogP contribution in [0.1, 0.15) is 49.6 Å². The highest BCUT2D eigenvalue weighted by Gasteiger charge is 2.30. The van der Waals surface area contributed by atoms with Gasteiger partial charge in [-0.15, -0.1) is 0 Å². The smallest absolute Gasteiger partial charge is 0.0644 e. The van der Waals surface area contributed by atoms with Crippen LogP contribution in [0.5, 0.6) is 0 Å². The molecule has 1 aromatic heterocycles. The van der Waals surface area contributed by atoms with Gasteiger partial charge in [-0.1, -0.05) is 0 Å². The molecule has 1 unspecified atom stereocenters. The maximum absolute atomic E-state index is 9.14. The van der Waals surface area contributed by atoms with Gasteiger partial charge < -0.3 is 5.11 Å². The minimum atomic E-state index is 0.154. The van der Waals surface area contributed by atoms with Crippen molar-refractivity contribution >= 4 is 0 Å². The molecule has 0 amide bonds. The molecule has 0 bridgehead atoms. The van der Waals surface area contributed by atoms with Crippen molar-refractivity contribution in [2.75, 3.05) is 26.2 Å². The first-order valence-electron chi connectivity index (χ1n) is 9.22. The summed E-state index contributed by atoms with van der Waals surface area (Å²) >= 11 is 0. The van der Waals surface area contributed by atoms with E-state index in [1.165, 1.54) is 56.6 Å². The number of aliphatic hydroxyl groups excluding tert-OH is 1. The van der Waals surface area contributed by atoms with Crippen LogP contribution < -0.4 is 0 Å². The Bertz CT molecular complexity index is 519. The number of aliphatic hydroxyl groups is 1. The quantitative estimate of drug-likeness (QED) is 0.900. The maximum atomic E-state index is 9.14. The largest absolute Gasteiger partial charge is 0.394 e. The summed E-state index contributed by atoms with van der Waals surface area (Å²) in [5.74, 6) is 0. The number of likely N-dealkylation sites (tertiary alicyclic amines) is 2. The Morgan fingerprint density at radius 2 is 1.87 bits per heavy atom. The summed E-state index contributed by atoms with van der Waals surface area (Å²) in [6.07, 6.45) is 5.35. The van der Waals surface area contributed by atoms with Gasteiger partial charge in [-0.05, 0) is 66.1 Å². The molecule has 0 saturated carbocycles. The maximum Gasteiger partial charge on any atom is 0.0644 e. The number of rotatable bonds is 5. The van der Waals surface area contributed by atoms with Gasteiger partial charge >= 0.3 is 0 Å². The molecule has 2 fully saturated rings. The molecule has 130 valence electrons. The zero-order valence-corrected chi connectivity index (χ0v) is 15.0. The summed E-state index contributed by atoms with van der Waals surface area (Å²) in [7, 11) is 0. The summed E-state index contributed by atoms with van der Waals surface area (Å²) < 4.78 is 1.95.